The molecule has 166 valence electrons. The zero-order chi connectivity index (χ0) is 22.6. The van der Waals surface area contributed by atoms with Crippen LogP contribution in [0.2, 0.25) is 0 Å². The summed E-state index contributed by atoms with van der Waals surface area (Å²) in [4.78, 5) is 27.8. The van der Waals surface area contributed by atoms with Gasteiger partial charge in [0.15, 0.2) is 0 Å². The van der Waals surface area contributed by atoms with Crippen LogP contribution in [0.5, 0.6) is 5.75 Å². The van der Waals surface area contributed by atoms with Crippen molar-refractivity contribution in [2.45, 2.75) is 40.0 Å². The minimum absolute atomic E-state index is 0.0122. The molecule has 0 bridgehead atoms. The van der Waals surface area contributed by atoms with Gasteiger partial charge in [0.25, 0.3) is 0 Å². The molecule has 1 aliphatic rings. The van der Waals surface area contributed by atoms with Crippen LogP contribution in [0.15, 0.2) is 48.5 Å². The molecule has 5 heteroatoms. The monoisotopic (exact) mass is 422 g/mol. The molecule has 0 radical (unpaired) electrons. The van der Waals surface area contributed by atoms with Gasteiger partial charge < -0.3 is 15.0 Å². The fraction of sp³-hybridized carbons (Fsp3) is 0.462. The summed E-state index contributed by atoms with van der Waals surface area (Å²) in [6.07, 6.45) is 2.23. The third kappa shape index (κ3) is 5.09. The average Bonchev–Trinajstić information content (AvgIpc) is 2.78. The number of carbonyl (C=O) groups excluding carboxylic acids is 2. The minimum Gasteiger partial charge on any atom is -0.497 e. The van der Waals surface area contributed by atoms with Gasteiger partial charge in [-0.2, -0.15) is 0 Å². The fourth-order valence-electron chi connectivity index (χ4n) is 4.44. The molecular formula is C26H34N2O3. The topological polar surface area (TPSA) is 58.6 Å². The molecule has 3 rings (SSSR count). The van der Waals surface area contributed by atoms with Crippen LogP contribution in [0, 0.1) is 10.8 Å². The zero-order valence-electron chi connectivity index (χ0n) is 19.3. The maximum absolute atomic E-state index is 13.0. The van der Waals surface area contributed by atoms with Crippen LogP contribution in [-0.2, 0) is 16.0 Å². The molecule has 31 heavy (non-hydrogen) atoms. The van der Waals surface area contributed by atoms with E-state index in [9.17, 15) is 9.59 Å². The van der Waals surface area contributed by atoms with Gasteiger partial charge in [0.05, 0.1) is 12.5 Å². The molecule has 0 aromatic heterocycles. The van der Waals surface area contributed by atoms with Gasteiger partial charge in [-0.1, -0.05) is 57.2 Å². The number of rotatable bonds is 5. The van der Waals surface area contributed by atoms with E-state index in [1.165, 1.54) is 0 Å². The average molecular weight is 423 g/mol. The first-order chi connectivity index (χ1) is 14.7. The van der Waals surface area contributed by atoms with Crippen molar-refractivity contribution in [1.82, 2.24) is 10.2 Å². The van der Waals surface area contributed by atoms with Crippen LogP contribution in [0.25, 0.3) is 11.1 Å². The van der Waals surface area contributed by atoms with Gasteiger partial charge in [-0.05, 0) is 48.1 Å². The zero-order valence-corrected chi connectivity index (χ0v) is 19.3. The van der Waals surface area contributed by atoms with Crippen molar-refractivity contribution >= 4 is 11.8 Å². The van der Waals surface area contributed by atoms with Crippen LogP contribution in [0.3, 0.4) is 0 Å². The molecule has 2 aromatic carbocycles. The van der Waals surface area contributed by atoms with E-state index in [4.69, 9.17) is 4.74 Å². The van der Waals surface area contributed by atoms with Gasteiger partial charge in [-0.15, -0.1) is 0 Å². The van der Waals surface area contributed by atoms with Crippen LogP contribution < -0.4 is 10.1 Å². The third-order valence-electron chi connectivity index (χ3n) is 6.13. The van der Waals surface area contributed by atoms with Crippen molar-refractivity contribution in [3.8, 4) is 16.9 Å². The van der Waals surface area contributed by atoms with Gasteiger partial charge in [0, 0.05) is 25.6 Å². The maximum atomic E-state index is 13.0. The summed E-state index contributed by atoms with van der Waals surface area (Å²) in [5.74, 6) is 0.952. The van der Waals surface area contributed by atoms with Crippen LogP contribution >= 0.6 is 0 Å². The number of likely N-dealkylation sites (tertiary alicyclic amines) is 1. The molecule has 2 amide bonds. The van der Waals surface area contributed by atoms with Gasteiger partial charge in [-0.3, -0.25) is 9.59 Å². The highest BCUT2D eigenvalue weighted by Gasteiger charge is 2.44. The quantitative estimate of drug-likeness (QED) is 0.781. The lowest BCUT2D eigenvalue weighted by Gasteiger charge is -2.43. The SMILES string of the molecule is CNC(=O)[C@]1(Cc2ccc(-c3ccc(OC)cc3)cc2)CCCN(C(=O)C(C)(C)C)C1. The standard InChI is InChI=1S/C26H34N2O3/c1-25(2,3)24(30)28-16-6-15-26(18-28,23(29)27-4)17-19-7-9-20(10-8-19)21-11-13-22(31-5)14-12-21/h7-14H,6,15-18H2,1-5H3,(H,27,29)/t26-/m0/s1. The Morgan fingerprint density at radius 3 is 2.13 bits per heavy atom. The Hall–Kier alpha value is -2.82. The lowest BCUT2D eigenvalue weighted by molar-refractivity contribution is -0.147. The smallest absolute Gasteiger partial charge is 0.228 e. The second-order valence-corrected chi connectivity index (χ2v) is 9.54. The Bertz CT molecular complexity index is 913. The van der Waals surface area contributed by atoms with Crippen LogP contribution in [-0.4, -0.2) is 44.0 Å². The predicted octanol–water partition coefficient (Wildman–Crippen LogP) is 4.31. The number of methoxy groups -OCH3 is 1. The third-order valence-corrected chi connectivity index (χ3v) is 6.13. The molecule has 1 saturated heterocycles. The summed E-state index contributed by atoms with van der Waals surface area (Å²) in [5, 5.41) is 2.85. The first-order valence-corrected chi connectivity index (χ1v) is 10.9. The molecule has 0 spiro atoms. The summed E-state index contributed by atoms with van der Waals surface area (Å²) < 4.78 is 5.23. The highest BCUT2D eigenvalue weighted by Crippen LogP contribution is 2.36. The van der Waals surface area contributed by atoms with Crippen LogP contribution in [0.4, 0.5) is 0 Å². The molecule has 1 N–H and O–H groups in total. The normalized spacial score (nSPS) is 19.1. The number of carbonyl (C=O) groups is 2. The molecule has 5 nitrogen and oxygen atoms in total. The van der Waals surface area contributed by atoms with Crippen molar-refractivity contribution in [2.24, 2.45) is 10.8 Å². The first-order valence-electron chi connectivity index (χ1n) is 10.9. The van der Waals surface area contributed by atoms with E-state index in [-0.39, 0.29) is 11.8 Å². The number of ether oxygens (including phenoxy) is 1. The first kappa shape index (κ1) is 22.9. The molecule has 1 heterocycles. The van der Waals surface area contributed by atoms with Gasteiger partial charge in [0.1, 0.15) is 5.75 Å². The Balaban J connectivity index is 1.82. The number of amides is 2. The van der Waals surface area contributed by atoms with E-state index in [1.54, 1.807) is 14.2 Å². The molecular weight excluding hydrogens is 388 g/mol. The van der Waals surface area contributed by atoms with Gasteiger partial charge in [0.2, 0.25) is 11.8 Å². The number of hydrogen-bond acceptors (Lipinski definition) is 3. The van der Waals surface area contributed by atoms with Crippen molar-refractivity contribution < 1.29 is 14.3 Å². The maximum Gasteiger partial charge on any atom is 0.228 e. The molecule has 1 aliphatic heterocycles. The molecule has 0 saturated carbocycles. The van der Waals surface area contributed by atoms with E-state index in [0.717, 1.165) is 35.3 Å². The van der Waals surface area contributed by atoms with Gasteiger partial charge >= 0.3 is 0 Å². The minimum atomic E-state index is -0.602. The van der Waals surface area contributed by atoms with Crippen LogP contribution in [0.1, 0.15) is 39.2 Å². The molecule has 2 aromatic rings. The van der Waals surface area contributed by atoms with Gasteiger partial charge in [-0.25, -0.2) is 0 Å². The summed E-state index contributed by atoms with van der Waals surface area (Å²) in [5.41, 5.74) is 2.29. The van der Waals surface area contributed by atoms with E-state index in [2.05, 4.69) is 29.6 Å². The summed E-state index contributed by atoms with van der Waals surface area (Å²) in [6, 6.07) is 16.3. The van der Waals surface area contributed by atoms with Crippen molar-refractivity contribution in [3.63, 3.8) is 0 Å². The fourth-order valence-corrected chi connectivity index (χ4v) is 4.44. The van der Waals surface area contributed by atoms with Crippen molar-refractivity contribution in [1.29, 1.82) is 0 Å². The number of nitrogens with zero attached hydrogens (tertiary/aromatic N) is 1. The molecule has 0 aliphatic carbocycles. The number of benzene rings is 2. The Morgan fingerprint density at radius 1 is 1.03 bits per heavy atom. The molecule has 0 unspecified atom stereocenters. The Morgan fingerprint density at radius 2 is 1.61 bits per heavy atom. The number of piperidine rings is 1. The highest BCUT2D eigenvalue weighted by molar-refractivity contribution is 5.86. The predicted molar refractivity (Wildman–Crippen MR) is 124 cm³/mol. The second kappa shape index (κ2) is 9.13. The van der Waals surface area contributed by atoms with Crippen molar-refractivity contribution in [3.05, 3.63) is 54.1 Å². The molecule has 1 fully saturated rings. The largest absolute Gasteiger partial charge is 0.497 e. The Labute approximate surface area is 185 Å². The highest BCUT2D eigenvalue weighted by atomic mass is 16.5. The van der Waals surface area contributed by atoms with E-state index in [0.29, 0.717) is 19.5 Å². The van der Waals surface area contributed by atoms with Crippen molar-refractivity contribution in [2.75, 3.05) is 27.2 Å². The summed E-state index contributed by atoms with van der Waals surface area (Å²) >= 11 is 0. The molecule has 1 atom stereocenters. The van der Waals surface area contributed by atoms with E-state index >= 15 is 0 Å². The van der Waals surface area contributed by atoms with E-state index in [1.807, 2.05) is 49.9 Å². The number of hydrogen-bond donors (Lipinski definition) is 1. The lowest BCUT2D eigenvalue weighted by atomic mass is 9.73. The summed E-state index contributed by atoms with van der Waals surface area (Å²) in [6.45, 7) is 6.98. The summed E-state index contributed by atoms with van der Waals surface area (Å²) in [7, 11) is 3.34. The Kier molecular flexibility index (Phi) is 6.73. The number of nitrogens with one attached hydrogen (secondary N) is 1. The van der Waals surface area contributed by atoms with E-state index < -0.39 is 10.8 Å². The second-order valence-electron chi connectivity index (χ2n) is 9.54. The lowest BCUT2D eigenvalue weighted by Crippen LogP contribution is -2.55.